The van der Waals surface area contributed by atoms with E-state index in [1.807, 2.05) is 12.3 Å². The third kappa shape index (κ3) is 7.39. The predicted octanol–water partition coefficient (Wildman–Crippen LogP) is 14.1. The summed E-state index contributed by atoms with van der Waals surface area (Å²) < 4.78 is 9.05. The van der Waals surface area contributed by atoms with Gasteiger partial charge in [-0.3, -0.25) is 4.57 Å². The van der Waals surface area contributed by atoms with Crippen molar-refractivity contribution in [2.45, 2.75) is 92.4 Å². The molecule has 0 bridgehead atoms. The summed E-state index contributed by atoms with van der Waals surface area (Å²) in [7, 11) is 0. The molecule has 296 valence electrons. The minimum atomic E-state index is -0.173. The third-order valence-electron chi connectivity index (χ3n) is 11.8. The van der Waals surface area contributed by atoms with Crippen molar-refractivity contribution in [2.75, 3.05) is 16.5 Å². The molecule has 1 aliphatic heterocycles. The van der Waals surface area contributed by atoms with Gasteiger partial charge in [-0.05, 0) is 93.7 Å². The maximum absolute atomic E-state index is 6.75. The largest absolute Gasteiger partial charge is 0.457 e. The molecule has 8 rings (SSSR count). The zero-order valence-corrected chi connectivity index (χ0v) is 36.2. The first-order valence-electron chi connectivity index (χ1n) is 20.6. The standard InChI is InChI=1S/C53H58N4O/c1-50(2,3)37-19-15-21-41(29-37)56-35-55(34-48(56)52(7,8)9)40-20-16-22-42(32-40)58-43-24-25-44-45-30-39(53(10,11)36-17-13-12-14-18-36)23-26-46(45)57(47(44)33-43)49-31-38(27-28-54-49)51(4,5)6/h12-34H,35H2,1-11H3. The number of pyridine rings is 1. The van der Waals surface area contributed by atoms with Gasteiger partial charge in [0.1, 0.15) is 17.3 Å². The smallest absolute Gasteiger partial charge is 0.137 e. The fourth-order valence-electron chi connectivity index (χ4n) is 8.19. The summed E-state index contributed by atoms with van der Waals surface area (Å²) in [6, 6.07) is 46.0. The zero-order chi connectivity index (χ0) is 41.2. The number of anilines is 2. The highest BCUT2D eigenvalue weighted by molar-refractivity contribution is 6.10. The van der Waals surface area contributed by atoms with Crippen molar-refractivity contribution in [3.05, 3.63) is 168 Å². The maximum atomic E-state index is 6.75. The van der Waals surface area contributed by atoms with Crippen LogP contribution >= 0.6 is 0 Å². The van der Waals surface area contributed by atoms with E-state index in [0.29, 0.717) is 0 Å². The molecule has 0 spiro atoms. The van der Waals surface area contributed by atoms with E-state index in [4.69, 9.17) is 9.72 Å². The van der Waals surface area contributed by atoms with Crippen LogP contribution in [0.4, 0.5) is 11.4 Å². The number of benzene rings is 5. The molecule has 5 heteroatoms. The number of hydrogen-bond acceptors (Lipinski definition) is 4. The Morgan fingerprint density at radius 1 is 0.500 bits per heavy atom. The number of aromatic nitrogens is 2. The molecular weight excluding hydrogens is 709 g/mol. The summed E-state index contributed by atoms with van der Waals surface area (Å²) in [6.45, 7) is 25.8. The van der Waals surface area contributed by atoms with Gasteiger partial charge in [0.05, 0.1) is 17.7 Å². The van der Waals surface area contributed by atoms with Crippen molar-refractivity contribution >= 4 is 33.2 Å². The number of ether oxygens (including phenoxy) is 1. The number of rotatable bonds is 7. The van der Waals surface area contributed by atoms with Gasteiger partial charge in [-0.2, -0.15) is 0 Å². The van der Waals surface area contributed by atoms with E-state index in [0.717, 1.165) is 46.1 Å². The predicted molar refractivity (Wildman–Crippen MR) is 245 cm³/mol. The topological polar surface area (TPSA) is 33.5 Å². The van der Waals surface area contributed by atoms with Gasteiger partial charge in [0, 0.05) is 63.2 Å². The molecule has 58 heavy (non-hydrogen) atoms. The summed E-state index contributed by atoms with van der Waals surface area (Å²) in [4.78, 5) is 9.74. The van der Waals surface area contributed by atoms with Crippen molar-refractivity contribution < 1.29 is 4.74 Å². The molecular formula is C53H58N4O. The number of hydrogen-bond donors (Lipinski definition) is 0. The molecule has 0 saturated carbocycles. The van der Waals surface area contributed by atoms with Crippen LogP contribution in [-0.4, -0.2) is 16.2 Å². The van der Waals surface area contributed by atoms with Crippen LogP contribution in [0.2, 0.25) is 0 Å². The lowest BCUT2D eigenvalue weighted by Crippen LogP contribution is -2.30. The first kappa shape index (κ1) is 39.0. The highest BCUT2D eigenvalue weighted by atomic mass is 16.5. The van der Waals surface area contributed by atoms with Crippen LogP contribution in [0.3, 0.4) is 0 Å². The monoisotopic (exact) mass is 766 g/mol. The summed E-state index contributed by atoms with van der Waals surface area (Å²) in [5.41, 5.74) is 10.7. The Balaban J connectivity index is 1.18. The Hall–Kier alpha value is -5.81. The summed E-state index contributed by atoms with van der Waals surface area (Å²) >= 11 is 0. The second-order valence-corrected chi connectivity index (χ2v) is 19.6. The fraction of sp³-hybridized carbons (Fsp3) is 0.302. The number of nitrogens with zero attached hydrogens (tertiary/aromatic N) is 4. The van der Waals surface area contributed by atoms with Crippen LogP contribution in [0, 0.1) is 5.41 Å². The highest BCUT2D eigenvalue weighted by Crippen LogP contribution is 2.42. The molecule has 0 radical (unpaired) electrons. The van der Waals surface area contributed by atoms with Gasteiger partial charge in [0.25, 0.3) is 0 Å². The van der Waals surface area contributed by atoms with Gasteiger partial charge in [0.15, 0.2) is 0 Å². The summed E-state index contributed by atoms with van der Waals surface area (Å²) in [6.07, 6.45) is 4.24. The summed E-state index contributed by atoms with van der Waals surface area (Å²) in [5.74, 6) is 2.46. The average Bonchev–Trinajstić information content (AvgIpc) is 3.78. The van der Waals surface area contributed by atoms with E-state index in [2.05, 4.69) is 218 Å². The van der Waals surface area contributed by atoms with Crippen molar-refractivity contribution in [1.82, 2.24) is 9.55 Å². The molecule has 0 unspecified atom stereocenters. The molecule has 3 heterocycles. The van der Waals surface area contributed by atoms with E-state index in [1.165, 1.54) is 39.0 Å². The molecule has 1 aliphatic rings. The van der Waals surface area contributed by atoms with Crippen LogP contribution < -0.4 is 14.5 Å². The SMILES string of the molecule is CC(C)(C)C1=CN(c2cccc(Oc3ccc4c5cc(C(C)(C)c6ccccc6)ccc5n(-c5cc(C(C)(C)C)ccn5)c4c3)c2)CN1c1cccc(C(C)(C)C)c1. The minimum Gasteiger partial charge on any atom is -0.457 e. The lowest BCUT2D eigenvalue weighted by atomic mass is 9.78. The second-order valence-electron chi connectivity index (χ2n) is 19.6. The Morgan fingerprint density at radius 2 is 1.17 bits per heavy atom. The van der Waals surface area contributed by atoms with Crippen LogP contribution in [0.25, 0.3) is 27.6 Å². The first-order valence-corrected chi connectivity index (χ1v) is 20.6. The molecule has 0 N–H and O–H groups in total. The Kier molecular flexibility index (Phi) is 9.58. The molecule has 0 fully saturated rings. The normalized spacial score (nSPS) is 14.1. The Labute approximate surface area is 345 Å². The fourth-order valence-corrected chi connectivity index (χ4v) is 8.19. The molecule has 0 aliphatic carbocycles. The van der Waals surface area contributed by atoms with E-state index in [9.17, 15) is 0 Å². The second kappa shape index (κ2) is 14.2. The van der Waals surface area contributed by atoms with Crippen LogP contribution in [-0.2, 0) is 16.2 Å². The third-order valence-corrected chi connectivity index (χ3v) is 11.8. The lowest BCUT2D eigenvalue weighted by Gasteiger charge is -2.32. The van der Waals surface area contributed by atoms with Gasteiger partial charge in [-0.15, -0.1) is 0 Å². The van der Waals surface area contributed by atoms with E-state index < -0.39 is 0 Å². The molecule has 0 atom stereocenters. The molecule has 5 aromatic carbocycles. The maximum Gasteiger partial charge on any atom is 0.137 e. The molecule has 7 aromatic rings. The average molecular weight is 767 g/mol. The van der Waals surface area contributed by atoms with Gasteiger partial charge in [-0.25, -0.2) is 4.98 Å². The van der Waals surface area contributed by atoms with Crippen molar-refractivity contribution in [1.29, 1.82) is 0 Å². The van der Waals surface area contributed by atoms with Crippen molar-refractivity contribution in [3.8, 4) is 17.3 Å². The molecule has 0 saturated heterocycles. The molecule has 2 aromatic heterocycles. The van der Waals surface area contributed by atoms with Crippen LogP contribution in [0.5, 0.6) is 11.5 Å². The van der Waals surface area contributed by atoms with Crippen LogP contribution in [0.1, 0.15) is 98.4 Å². The van der Waals surface area contributed by atoms with Gasteiger partial charge >= 0.3 is 0 Å². The quantitative estimate of drug-likeness (QED) is 0.162. The van der Waals surface area contributed by atoms with Crippen LogP contribution in [0.15, 0.2) is 145 Å². The number of allylic oxidation sites excluding steroid dienone is 1. The Morgan fingerprint density at radius 3 is 1.90 bits per heavy atom. The van der Waals surface area contributed by atoms with Crippen molar-refractivity contribution in [2.24, 2.45) is 5.41 Å². The van der Waals surface area contributed by atoms with Crippen molar-refractivity contribution in [3.63, 3.8) is 0 Å². The first-order chi connectivity index (χ1) is 27.4. The summed E-state index contributed by atoms with van der Waals surface area (Å²) in [5, 5.41) is 2.36. The highest BCUT2D eigenvalue weighted by Gasteiger charge is 2.32. The molecule has 0 amide bonds. The van der Waals surface area contributed by atoms with E-state index in [1.54, 1.807) is 0 Å². The lowest BCUT2D eigenvalue weighted by molar-refractivity contribution is 0.483. The van der Waals surface area contributed by atoms with E-state index in [-0.39, 0.29) is 21.7 Å². The minimum absolute atomic E-state index is 0.0196. The number of fused-ring (bicyclic) bond motifs is 3. The molecule has 5 nitrogen and oxygen atoms in total. The zero-order valence-electron chi connectivity index (χ0n) is 36.2. The van der Waals surface area contributed by atoms with E-state index >= 15 is 0 Å². The van der Waals surface area contributed by atoms with Gasteiger partial charge in [0.2, 0.25) is 0 Å². The van der Waals surface area contributed by atoms with Gasteiger partial charge in [-0.1, -0.05) is 131 Å². The van der Waals surface area contributed by atoms with Gasteiger partial charge < -0.3 is 14.5 Å². The Bertz CT molecular complexity index is 2660.